The molecule has 0 saturated carbocycles. The molecule has 1 aromatic rings. The second-order valence-electron chi connectivity index (χ2n) is 4.94. The van der Waals surface area contributed by atoms with Gasteiger partial charge in [0.25, 0.3) is 5.91 Å². The third kappa shape index (κ3) is 1.53. The lowest BCUT2D eigenvalue weighted by Crippen LogP contribution is -2.34. The molecule has 0 aliphatic carbocycles. The highest BCUT2D eigenvalue weighted by Crippen LogP contribution is 2.34. The monoisotopic (exact) mass is 258 g/mol. The normalized spacial score (nSPS) is 17.7. The van der Waals surface area contributed by atoms with Crippen molar-refractivity contribution in [1.82, 2.24) is 14.7 Å². The van der Waals surface area contributed by atoms with Gasteiger partial charge in [-0.3, -0.25) is 9.59 Å². The molecule has 0 spiro atoms. The van der Waals surface area contributed by atoms with E-state index in [1.54, 1.807) is 15.6 Å². The van der Waals surface area contributed by atoms with E-state index in [0.717, 1.165) is 5.57 Å². The lowest BCUT2D eigenvalue weighted by atomic mass is 10.1. The molecule has 6 heteroatoms. The Balaban J connectivity index is 2.02. The van der Waals surface area contributed by atoms with E-state index in [1.807, 2.05) is 13.8 Å². The smallest absolute Gasteiger partial charge is 0.271 e. The number of nitrogens with one attached hydrogen (secondary N) is 1. The highest BCUT2D eigenvalue weighted by atomic mass is 16.2. The standard InChI is InChI=1S/C13H14N4O2/c1-7(2)16-5-10-8(3)17-11(4-9(6-18)15-17)14-12(10)13(16)19/h4,6-7,14H,3,5H2,1-2H3. The maximum absolute atomic E-state index is 12.3. The topological polar surface area (TPSA) is 67.2 Å². The SMILES string of the molecule is C=C1C2=C(Nc3cc(C=O)nn31)C(=O)N(C(C)C)C2. The fourth-order valence-corrected chi connectivity index (χ4v) is 2.38. The third-order valence-electron chi connectivity index (χ3n) is 3.43. The number of rotatable bonds is 2. The maximum atomic E-state index is 12.3. The van der Waals surface area contributed by atoms with Crippen molar-refractivity contribution in [3.8, 4) is 0 Å². The number of amides is 1. The van der Waals surface area contributed by atoms with E-state index in [9.17, 15) is 9.59 Å². The van der Waals surface area contributed by atoms with E-state index in [2.05, 4.69) is 17.0 Å². The number of carbonyl (C=O) groups is 2. The summed E-state index contributed by atoms with van der Waals surface area (Å²) in [6, 6.07) is 1.73. The molecule has 0 bridgehead atoms. The predicted molar refractivity (Wildman–Crippen MR) is 70.4 cm³/mol. The van der Waals surface area contributed by atoms with E-state index in [-0.39, 0.29) is 11.9 Å². The van der Waals surface area contributed by atoms with Crippen LogP contribution < -0.4 is 5.32 Å². The Morgan fingerprint density at radius 3 is 2.89 bits per heavy atom. The van der Waals surface area contributed by atoms with Crippen molar-refractivity contribution in [2.45, 2.75) is 19.9 Å². The second kappa shape index (κ2) is 3.81. The number of aldehydes is 1. The zero-order valence-corrected chi connectivity index (χ0v) is 10.8. The molecule has 3 heterocycles. The summed E-state index contributed by atoms with van der Waals surface area (Å²) in [4.78, 5) is 24.8. The van der Waals surface area contributed by atoms with E-state index >= 15 is 0 Å². The van der Waals surface area contributed by atoms with Crippen LogP contribution in [0, 0.1) is 0 Å². The van der Waals surface area contributed by atoms with E-state index in [0.29, 0.717) is 35.7 Å². The predicted octanol–water partition coefficient (Wildman–Crippen LogP) is 1.10. The van der Waals surface area contributed by atoms with Gasteiger partial charge in [0, 0.05) is 17.7 Å². The average molecular weight is 258 g/mol. The van der Waals surface area contributed by atoms with Gasteiger partial charge in [0.1, 0.15) is 17.2 Å². The van der Waals surface area contributed by atoms with Gasteiger partial charge < -0.3 is 10.2 Å². The van der Waals surface area contributed by atoms with Crippen LogP contribution in [0.4, 0.5) is 5.82 Å². The molecule has 0 atom stereocenters. The van der Waals surface area contributed by atoms with Crippen LogP contribution in [0.25, 0.3) is 5.70 Å². The van der Waals surface area contributed by atoms with Crippen molar-refractivity contribution < 1.29 is 9.59 Å². The summed E-state index contributed by atoms with van der Waals surface area (Å²) in [5, 5.41) is 7.18. The van der Waals surface area contributed by atoms with Gasteiger partial charge >= 0.3 is 0 Å². The van der Waals surface area contributed by atoms with Crippen LogP contribution in [0.3, 0.4) is 0 Å². The van der Waals surface area contributed by atoms with E-state index < -0.39 is 0 Å². The minimum atomic E-state index is -0.0359. The molecule has 0 saturated heterocycles. The average Bonchev–Trinajstić information content (AvgIpc) is 2.92. The highest BCUT2D eigenvalue weighted by Gasteiger charge is 2.37. The zero-order valence-electron chi connectivity index (χ0n) is 10.8. The van der Waals surface area contributed by atoms with Crippen LogP contribution in [0.15, 0.2) is 23.9 Å². The molecule has 1 amide bonds. The zero-order chi connectivity index (χ0) is 13.7. The lowest BCUT2D eigenvalue weighted by Gasteiger charge is -2.20. The van der Waals surface area contributed by atoms with E-state index in [1.165, 1.54) is 0 Å². The molecular weight excluding hydrogens is 244 g/mol. The number of aromatic nitrogens is 2. The number of anilines is 1. The van der Waals surface area contributed by atoms with Crippen molar-refractivity contribution in [2.75, 3.05) is 11.9 Å². The van der Waals surface area contributed by atoms with Gasteiger partial charge in [-0.1, -0.05) is 6.58 Å². The number of hydrogen-bond acceptors (Lipinski definition) is 4. The first-order chi connectivity index (χ1) is 9.02. The molecular formula is C13H14N4O2. The fraction of sp³-hybridized carbons (Fsp3) is 0.308. The molecule has 2 aliphatic rings. The quantitative estimate of drug-likeness (QED) is 0.806. The number of fused-ring (bicyclic) bond motifs is 1. The largest absolute Gasteiger partial charge is 0.335 e. The maximum Gasteiger partial charge on any atom is 0.271 e. The third-order valence-corrected chi connectivity index (χ3v) is 3.43. The van der Waals surface area contributed by atoms with Crippen molar-refractivity contribution in [2.24, 2.45) is 0 Å². The van der Waals surface area contributed by atoms with Gasteiger partial charge in [0.15, 0.2) is 6.29 Å². The van der Waals surface area contributed by atoms with Crippen LogP contribution in [0.5, 0.6) is 0 Å². The van der Waals surface area contributed by atoms with Gasteiger partial charge in [-0.2, -0.15) is 5.10 Å². The Bertz CT molecular complexity index is 639. The molecule has 98 valence electrons. The van der Waals surface area contributed by atoms with Crippen molar-refractivity contribution in [1.29, 1.82) is 0 Å². The summed E-state index contributed by atoms with van der Waals surface area (Å²) >= 11 is 0. The fourth-order valence-electron chi connectivity index (χ4n) is 2.38. The Labute approximate surface area is 110 Å². The summed E-state index contributed by atoms with van der Waals surface area (Å²) in [6.45, 7) is 8.45. The Morgan fingerprint density at radius 2 is 2.26 bits per heavy atom. The molecule has 19 heavy (non-hydrogen) atoms. The Morgan fingerprint density at radius 1 is 1.53 bits per heavy atom. The molecule has 1 N–H and O–H groups in total. The van der Waals surface area contributed by atoms with Crippen LogP contribution in [0.1, 0.15) is 24.3 Å². The Hall–Kier alpha value is -2.37. The van der Waals surface area contributed by atoms with Gasteiger partial charge in [0.2, 0.25) is 0 Å². The molecule has 6 nitrogen and oxygen atoms in total. The summed E-state index contributed by atoms with van der Waals surface area (Å²) in [6.07, 6.45) is 0.674. The highest BCUT2D eigenvalue weighted by molar-refractivity contribution is 6.04. The van der Waals surface area contributed by atoms with Crippen LogP contribution in [-0.2, 0) is 4.79 Å². The summed E-state index contributed by atoms with van der Waals surface area (Å²) < 4.78 is 1.57. The molecule has 1 aromatic heterocycles. The van der Waals surface area contributed by atoms with Gasteiger partial charge in [-0.05, 0) is 13.8 Å². The molecule has 0 radical (unpaired) electrons. The minimum Gasteiger partial charge on any atom is -0.335 e. The first-order valence-electron chi connectivity index (χ1n) is 6.09. The Kier molecular flexibility index (Phi) is 2.35. The summed E-state index contributed by atoms with van der Waals surface area (Å²) in [7, 11) is 0. The van der Waals surface area contributed by atoms with Crippen molar-refractivity contribution in [3.63, 3.8) is 0 Å². The summed E-state index contributed by atoms with van der Waals surface area (Å²) in [5.41, 5.74) is 2.35. The summed E-state index contributed by atoms with van der Waals surface area (Å²) in [5.74, 6) is 0.566. The van der Waals surface area contributed by atoms with Crippen molar-refractivity contribution >= 4 is 23.7 Å². The van der Waals surface area contributed by atoms with Crippen LogP contribution in [0.2, 0.25) is 0 Å². The molecule has 0 aromatic carbocycles. The minimum absolute atomic E-state index is 0.0359. The molecule has 0 fully saturated rings. The number of nitrogens with zero attached hydrogens (tertiary/aromatic N) is 3. The molecule has 2 aliphatic heterocycles. The lowest BCUT2D eigenvalue weighted by molar-refractivity contribution is -0.126. The van der Waals surface area contributed by atoms with Crippen LogP contribution in [-0.4, -0.2) is 39.5 Å². The number of hydrogen-bond donors (Lipinski definition) is 1. The van der Waals surface area contributed by atoms with Gasteiger partial charge in [-0.15, -0.1) is 0 Å². The van der Waals surface area contributed by atoms with Crippen LogP contribution >= 0.6 is 0 Å². The first-order valence-corrected chi connectivity index (χ1v) is 6.09. The second-order valence-corrected chi connectivity index (χ2v) is 4.94. The first kappa shape index (κ1) is 11.7. The van der Waals surface area contributed by atoms with E-state index in [4.69, 9.17) is 0 Å². The number of carbonyl (C=O) groups excluding carboxylic acids is 2. The van der Waals surface area contributed by atoms with Gasteiger partial charge in [-0.25, -0.2) is 4.68 Å². The van der Waals surface area contributed by atoms with Gasteiger partial charge in [0.05, 0.1) is 12.2 Å². The van der Waals surface area contributed by atoms with Crippen molar-refractivity contribution in [3.05, 3.63) is 29.6 Å². The molecule has 0 unspecified atom stereocenters. The molecule has 3 rings (SSSR count).